The van der Waals surface area contributed by atoms with Gasteiger partial charge in [0, 0.05) is 6.04 Å². The molecular weight excluding hydrogens is 324 g/mol. The smallest absolute Gasteiger partial charge is 0.253 e. The molecule has 0 bridgehead atoms. The third-order valence-corrected chi connectivity index (χ3v) is 3.99. The zero-order valence-electron chi connectivity index (χ0n) is 12.6. The van der Waals surface area contributed by atoms with Crippen LogP contribution in [0, 0.1) is 0 Å². The van der Waals surface area contributed by atoms with E-state index in [-0.39, 0.29) is 24.5 Å². The van der Waals surface area contributed by atoms with Gasteiger partial charge in [0.1, 0.15) is 6.04 Å². The van der Waals surface area contributed by atoms with E-state index in [0.717, 1.165) is 5.75 Å². The van der Waals surface area contributed by atoms with E-state index in [4.69, 9.17) is 16.7 Å². The summed E-state index contributed by atoms with van der Waals surface area (Å²) in [4.78, 5) is 24.5. The molecule has 0 heterocycles. The lowest BCUT2D eigenvalue weighted by atomic mass is 10.1. The Morgan fingerprint density at radius 3 is 2.59 bits per heavy atom. The van der Waals surface area contributed by atoms with Crippen LogP contribution in [0.1, 0.15) is 23.7 Å². The van der Waals surface area contributed by atoms with E-state index in [1.165, 1.54) is 0 Å². The van der Waals surface area contributed by atoms with Crippen molar-refractivity contribution in [2.24, 2.45) is 0 Å². The number of carbonyl (C=O) groups excluding carboxylic acids is 2. The minimum atomic E-state index is -0.662. The molecule has 1 aromatic carbocycles. The second kappa shape index (κ2) is 9.71. The molecule has 3 N–H and O–H groups in total. The van der Waals surface area contributed by atoms with Crippen LogP contribution in [0.3, 0.4) is 0 Å². The molecular formula is C15H21ClN2O3S. The predicted molar refractivity (Wildman–Crippen MR) is 90.4 cm³/mol. The van der Waals surface area contributed by atoms with Crippen molar-refractivity contribution in [3.8, 4) is 0 Å². The Morgan fingerprint density at radius 2 is 2.00 bits per heavy atom. The van der Waals surface area contributed by atoms with Crippen LogP contribution in [0.25, 0.3) is 0 Å². The molecule has 2 atom stereocenters. The number of aliphatic hydroxyl groups is 1. The lowest BCUT2D eigenvalue weighted by Crippen LogP contribution is -2.50. The maximum Gasteiger partial charge on any atom is 0.253 e. The first-order valence-electron chi connectivity index (χ1n) is 6.95. The topological polar surface area (TPSA) is 78.4 Å². The Morgan fingerprint density at radius 1 is 1.32 bits per heavy atom. The van der Waals surface area contributed by atoms with Crippen LogP contribution in [-0.4, -0.2) is 47.6 Å². The summed E-state index contributed by atoms with van der Waals surface area (Å²) in [5, 5.41) is 14.7. The van der Waals surface area contributed by atoms with Gasteiger partial charge in [0.2, 0.25) is 5.91 Å². The summed E-state index contributed by atoms with van der Waals surface area (Å²) in [5.41, 5.74) is 0.335. The van der Waals surface area contributed by atoms with Crippen molar-refractivity contribution in [3.63, 3.8) is 0 Å². The van der Waals surface area contributed by atoms with Crippen LogP contribution in [-0.2, 0) is 4.79 Å². The first-order valence-corrected chi connectivity index (χ1v) is 8.72. The number of aliphatic hydroxyl groups excluding tert-OH is 1. The molecule has 0 radical (unpaired) electrons. The fourth-order valence-electron chi connectivity index (χ4n) is 1.77. The van der Waals surface area contributed by atoms with Crippen LogP contribution < -0.4 is 10.6 Å². The van der Waals surface area contributed by atoms with E-state index in [1.54, 1.807) is 43.0 Å². The summed E-state index contributed by atoms with van der Waals surface area (Å²) in [5.74, 6) is 0.0357. The molecule has 1 rings (SSSR count). The van der Waals surface area contributed by atoms with Gasteiger partial charge < -0.3 is 15.7 Å². The third-order valence-electron chi connectivity index (χ3n) is 3.01. The largest absolute Gasteiger partial charge is 0.394 e. The molecule has 0 saturated heterocycles. The molecule has 7 heteroatoms. The van der Waals surface area contributed by atoms with Crippen molar-refractivity contribution in [1.82, 2.24) is 10.6 Å². The van der Waals surface area contributed by atoms with E-state index in [2.05, 4.69) is 10.6 Å². The zero-order chi connectivity index (χ0) is 16.5. The normalized spacial score (nSPS) is 13.3. The van der Waals surface area contributed by atoms with E-state index in [9.17, 15) is 9.59 Å². The number of thioether (sulfide) groups is 1. The highest BCUT2D eigenvalue weighted by Gasteiger charge is 2.22. The van der Waals surface area contributed by atoms with Crippen LogP contribution >= 0.6 is 23.4 Å². The minimum absolute atomic E-state index is 0.153. The van der Waals surface area contributed by atoms with Crippen molar-refractivity contribution in [2.45, 2.75) is 25.4 Å². The number of amides is 2. The lowest BCUT2D eigenvalue weighted by molar-refractivity contribution is -0.123. The van der Waals surface area contributed by atoms with Gasteiger partial charge in [-0.05, 0) is 37.5 Å². The highest BCUT2D eigenvalue weighted by Crippen LogP contribution is 2.15. The predicted octanol–water partition coefficient (Wildman–Crippen LogP) is 1.69. The van der Waals surface area contributed by atoms with Gasteiger partial charge in [-0.25, -0.2) is 0 Å². The fraction of sp³-hybridized carbons (Fsp3) is 0.467. The number of hydrogen-bond donors (Lipinski definition) is 3. The Hall–Kier alpha value is -1.24. The molecule has 0 aliphatic carbocycles. The molecule has 5 nitrogen and oxygen atoms in total. The molecule has 122 valence electrons. The Balaban J connectivity index is 2.78. The molecule has 22 heavy (non-hydrogen) atoms. The number of benzene rings is 1. The van der Waals surface area contributed by atoms with E-state index < -0.39 is 6.04 Å². The highest BCUT2D eigenvalue weighted by atomic mass is 35.5. The third kappa shape index (κ3) is 5.87. The monoisotopic (exact) mass is 344 g/mol. The number of rotatable bonds is 8. The van der Waals surface area contributed by atoms with Crippen molar-refractivity contribution in [1.29, 1.82) is 0 Å². The molecule has 0 spiro atoms. The molecule has 0 aromatic heterocycles. The van der Waals surface area contributed by atoms with Gasteiger partial charge in [-0.3, -0.25) is 9.59 Å². The molecule has 0 saturated carbocycles. The van der Waals surface area contributed by atoms with Crippen LogP contribution in [0.15, 0.2) is 24.3 Å². The standard InChI is InChI=1S/C15H21ClN2O3S/c1-10(9-19)17-15(21)13(7-8-22-2)18-14(20)11-5-3-4-6-12(11)16/h3-6,10,13,19H,7-9H2,1-2H3,(H,17,21)(H,18,20). The van der Waals surface area contributed by atoms with Crippen LogP contribution in [0.4, 0.5) is 0 Å². The van der Waals surface area contributed by atoms with Crippen molar-refractivity contribution >= 4 is 35.2 Å². The summed E-state index contributed by atoms with van der Waals surface area (Å²) in [6.07, 6.45) is 2.43. The Kier molecular flexibility index (Phi) is 8.30. The molecule has 0 aliphatic heterocycles. The summed E-state index contributed by atoms with van der Waals surface area (Å²) in [7, 11) is 0. The van der Waals surface area contributed by atoms with Crippen molar-refractivity contribution in [2.75, 3.05) is 18.6 Å². The molecule has 2 amide bonds. The Labute approximate surface area is 139 Å². The number of hydrogen-bond acceptors (Lipinski definition) is 4. The SMILES string of the molecule is CSCCC(NC(=O)c1ccccc1Cl)C(=O)NC(C)CO. The van der Waals surface area contributed by atoms with Gasteiger partial charge >= 0.3 is 0 Å². The first-order chi connectivity index (χ1) is 10.5. The van der Waals surface area contributed by atoms with Gasteiger partial charge in [0.05, 0.1) is 17.2 Å². The molecule has 2 unspecified atom stereocenters. The number of nitrogens with one attached hydrogen (secondary N) is 2. The van der Waals surface area contributed by atoms with Gasteiger partial charge in [-0.2, -0.15) is 11.8 Å². The second-order valence-corrected chi connectivity index (χ2v) is 6.27. The van der Waals surface area contributed by atoms with Crippen molar-refractivity contribution < 1.29 is 14.7 Å². The van der Waals surface area contributed by atoms with Crippen LogP contribution in [0.5, 0.6) is 0 Å². The van der Waals surface area contributed by atoms with Gasteiger partial charge in [0.25, 0.3) is 5.91 Å². The summed E-state index contributed by atoms with van der Waals surface area (Å²) in [6.45, 7) is 1.54. The minimum Gasteiger partial charge on any atom is -0.394 e. The van der Waals surface area contributed by atoms with Crippen molar-refractivity contribution in [3.05, 3.63) is 34.9 Å². The van der Waals surface area contributed by atoms with Gasteiger partial charge in [0.15, 0.2) is 0 Å². The molecule has 0 fully saturated rings. The highest BCUT2D eigenvalue weighted by molar-refractivity contribution is 7.98. The average Bonchev–Trinajstić information content (AvgIpc) is 2.51. The summed E-state index contributed by atoms with van der Waals surface area (Å²) >= 11 is 7.59. The molecule has 1 aromatic rings. The number of halogens is 1. The fourth-order valence-corrected chi connectivity index (χ4v) is 2.47. The Bertz CT molecular complexity index is 513. The summed E-state index contributed by atoms with van der Waals surface area (Å²) in [6, 6.07) is 5.66. The summed E-state index contributed by atoms with van der Waals surface area (Å²) < 4.78 is 0. The lowest BCUT2D eigenvalue weighted by Gasteiger charge is -2.20. The maximum absolute atomic E-state index is 12.3. The van der Waals surface area contributed by atoms with Gasteiger partial charge in [-0.1, -0.05) is 23.7 Å². The van der Waals surface area contributed by atoms with E-state index in [0.29, 0.717) is 17.0 Å². The van der Waals surface area contributed by atoms with Gasteiger partial charge in [-0.15, -0.1) is 0 Å². The quantitative estimate of drug-likeness (QED) is 0.670. The second-order valence-electron chi connectivity index (χ2n) is 4.88. The van der Waals surface area contributed by atoms with Crippen LogP contribution in [0.2, 0.25) is 5.02 Å². The first kappa shape index (κ1) is 18.8. The van der Waals surface area contributed by atoms with E-state index >= 15 is 0 Å². The zero-order valence-corrected chi connectivity index (χ0v) is 14.2. The molecule has 0 aliphatic rings. The van der Waals surface area contributed by atoms with E-state index in [1.807, 2.05) is 6.26 Å². The number of carbonyl (C=O) groups is 2. The maximum atomic E-state index is 12.3. The average molecular weight is 345 g/mol.